The maximum Gasteiger partial charge on any atom is 0.324 e. The summed E-state index contributed by atoms with van der Waals surface area (Å²) in [5.74, 6) is -3.79. The molecule has 15 heteroatoms. The number of hydrogen-bond acceptors (Lipinski definition) is 8. The van der Waals surface area contributed by atoms with Gasteiger partial charge in [0.05, 0.1) is 15.9 Å². The first kappa shape index (κ1) is 21.5. The lowest BCUT2D eigenvalue weighted by Crippen LogP contribution is -2.56. The van der Waals surface area contributed by atoms with Crippen LogP contribution in [0, 0.1) is 0 Å². The van der Waals surface area contributed by atoms with E-state index in [0.29, 0.717) is 32.6 Å². The molecule has 0 radical (unpaired) electrons. The quantitative estimate of drug-likeness (QED) is 0.143. The van der Waals surface area contributed by atoms with Gasteiger partial charge in [0.15, 0.2) is 10.8 Å². The first-order chi connectivity index (χ1) is 23.5. The molecule has 4 atom stereocenters. The van der Waals surface area contributed by atoms with Crippen LogP contribution >= 0.6 is 11.3 Å². The Bertz CT molecular complexity index is 1980. The summed E-state index contributed by atoms with van der Waals surface area (Å²) in [6.07, 6.45) is -8.35. The van der Waals surface area contributed by atoms with E-state index in [1.54, 1.807) is 48.7 Å². The van der Waals surface area contributed by atoms with Crippen molar-refractivity contribution in [2.24, 2.45) is 0 Å². The molecule has 10 nitrogen and oxygen atoms in total. The number of amides is 2. The number of rotatable bonds is 8. The van der Waals surface area contributed by atoms with E-state index in [4.69, 9.17) is 18.9 Å². The molecule has 4 heterocycles. The van der Waals surface area contributed by atoms with Gasteiger partial charge in [-0.15, -0.1) is 0 Å². The molecule has 0 saturated carbocycles. The lowest BCUT2D eigenvalue weighted by Gasteiger charge is -2.36. The number of anilines is 2. The van der Waals surface area contributed by atoms with Crippen LogP contribution in [0.2, 0.25) is 0 Å². The van der Waals surface area contributed by atoms with Crippen LogP contribution in [0.3, 0.4) is 0 Å². The number of carbonyl (C=O) groups excluding carboxylic acids is 1. The van der Waals surface area contributed by atoms with Crippen molar-refractivity contribution in [2.75, 3.05) is 23.8 Å². The van der Waals surface area contributed by atoms with E-state index >= 15 is 0 Å². The van der Waals surface area contributed by atoms with Crippen molar-refractivity contribution in [1.82, 2.24) is 19.4 Å². The van der Waals surface area contributed by atoms with E-state index in [0.717, 1.165) is 16.3 Å². The third kappa shape index (κ3) is 6.00. The first-order valence-electron chi connectivity index (χ1n) is 16.1. The number of aromatic nitrogens is 3. The molecule has 5 aromatic rings. The van der Waals surface area contributed by atoms with Crippen molar-refractivity contribution in [2.45, 2.75) is 44.9 Å². The molecular formula is C28H26F4N6O4S. The van der Waals surface area contributed by atoms with E-state index in [1.807, 2.05) is 4.40 Å². The number of fused-ring (bicyclic) bond motifs is 3. The summed E-state index contributed by atoms with van der Waals surface area (Å²) >= 11 is 1.35. The van der Waals surface area contributed by atoms with Crippen molar-refractivity contribution >= 4 is 44.1 Å². The highest BCUT2D eigenvalue weighted by atomic mass is 32.1. The Hall–Kier alpha value is -4.21. The number of benzene rings is 2. The lowest BCUT2D eigenvalue weighted by atomic mass is 10.1. The molecule has 0 bridgehead atoms. The first-order valence-corrected chi connectivity index (χ1v) is 13.5. The maximum atomic E-state index is 14.0. The van der Waals surface area contributed by atoms with Crippen molar-refractivity contribution in [3.63, 3.8) is 0 Å². The van der Waals surface area contributed by atoms with E-state index < -0.39 is 63.2 Å². The SMILES string of the molecule is [2H]C([2H])([2H])C([2H])(c1cc(NC(=O)Nc2ccc(-c3cn4c(n3)sc3cc(OCCN5C(F)C(F)OC(F)C5F)ccc34)cc2)no1)C([2H])([2H])[2H]. The van der Waals surface area contributed by atoms with Crippen LogP contribution < -0.4 is 15.4 Å². The Kier molecular flexibility index (Phi) is 5.90. The minimum atomic E-state index is -3.28. The molecule has 6 rings (SSSR count). The Balaban J connectivity index is 1.07. The van der Waals surface area contributed by atoms with Gasteiger partial charge in [-0.2, -0.15) is 0 Å². The number of morpholine rings is 1. The zero-order valence-corrected chi connectivity index (χ0v) is 22.6. The Morgan fingerprint density at radius 2 is 1.88 bits per heavy atom. The van der Waals surface area contributed by atoms with E-state index in [9.17, 15) is 22.4 Å². The lowest BCUT2D eigenvalue weighted by molar-refractivity contribution is -0.292. The number of thiazole rings is 1. The van der Waals surface area contributed by atoms with Crippen LogP contribution in [0.4, 0.5) is 33.9 Å². The van der Waals surface area contributed by atoms with Gasteiger partial charge in [-0.1, -0.05) is 42.3 Å². The maximum absolute atomic E-state index is 14.0. The summed E-state index contributed by atoms with van der Waals surface area (Å²) in [4.78, 5) is 18.2. The van der Waals surface area contributed by atoms with Crippen LogP contribution in [-0.4, -0.2) is 63.9 Å². The fraction of sp³-hybridized carbons (Fsp3) is 0.321. The fourth-order valence-corrected chi connectivity index (χ4v) is 5.41. The minimum Gasteiger partial charge on any atom is -0.492 e. The van der Waals surface area contributed by atoms with Gasteiger partial charge in [0.25, 0.3) is 0 Å². The predicted molar refractivity (Wildman–Crippen MR) is 152 cm³/mol. The van der Waals surface area contributed by atoms with Crippen molar-refractivity contribution in [1.29, 1.82) is 0 Å². The number of nitrogens with zero attached hydrogens (tertiary/aromatic N) is 4. The van der Waals surface area contributed by atoms with Gasteiger partial charge >= 0.3 is 6.03 Å². The van der Waals surface area contributed by atoms with Gasteiger partial charge in [-0.05, 0) is 30.3 Å². The zero-order chi connectivity index (χ0) is 36.2. The Labute approximate surface area is 256 Å². The van der Waals surface area contributed by atoms with Gasteiger partial charge in [-0.3, -0.25) is 9.72 Å². The fourth-order valence-electron chi connectivity index (χ4n) is 4.37. The molecule has 0 aliphatic carbocycles. The molecular weight excluding hydrogens is 592 g/mol. The summed E-state index contributed by atoms with van der Waals surface area (Å²) in [5, 5.41) is 8.35. The minimum absolute atomic E-state index is 0.238. The topological polar surface area (TPSA) is 106 Å². The number of halogens is 4. The average molecular weight is 626 g/mol. The van der Waals surface area contributed by atoms with Crippen molar-refractivity contribution < 1.29 is 45.9 Å². The van der Waals surface area contributed by atoms with Gasteiger partial charge in [-0.25, -0.2) is 32.2 Å². The van der Waals surface area contributed by atoms with Crippen LogP contribution in [-0.2, 0) is 4.74 Å². The molecule has 1 saturated heterocycles. The summed E-state index contributed by atoms with van der Waals surface area (Å²) in [6.45, 7) is -7.21. The third-order valence-electron chi connectivity index (χ3n) is 6.45. The van der Waals surface area contributed by atoms with Gasteiger partial charge in [0.2, 0.25) is 25.3 Å². The van der Waals surface area contributed by atoms with Crippen LogP contribution in [0.5, 0.6) is 5.75 Å². The van der Waals surface area contributed by atoms with Crippen LogP contribution in [0.15, 0.2) is 59.3 Å². The van der Waals surface area contributed by atoms with E-state index in [2.05, 4.69) is 25.5 Å². The molecule has 1 aliphatic heterocycles. The molecule has 2 N–H and O–H groups in total. The molecule has 2 amide bonds. The second kappa shape index (κ2) is 11.8. The van der Waals surface area contributed by atoms with Gasteiger partial charge in [0.1, 0.15) is 18.1 Å². The number of nitrogens with one attached hydrogen (secondary N) is 2. The molecule has 0 spiro atoms. The summed E-state index contributed by atoms with van der Waals surface area (Å²) in [6, 6.07) is 11.8. The van der Waals surface area contributed by atoms with E-state index in [1.165, 1.54) is 11.3 Å². The molecule has 43 heavy (non-hydrogen) atoms. The standard InChI is InChI=1S/C28H26F4N6O4S/c1-14(2)20-12-22(36-42-20)35-27(39)33-16-5-3-15(4-6-16)18-13-38-19-8-7-17(11-21(19)43-28(38)34-18)40-10-9-37-23(29)25(31)41-26(32)24(37)30/h3-8,11-14,23-26H,9-10H2,1-2H3,(H2,33,35,36,39)/i1D3,2D3,14D. The molecule has 3 aromatic heterocycles. The van der Waals surface area contributed by atoms with Crippen LogP contribution in [0.25, 0.3) is 26.4 Å². The molecule has 2 aromatic carbocycles. The summed E-state index contributed by atoms with van der Waals surface area (Å²) in [5.41, 5.74) is 2.49. The van der Waals surface area contributed by atoms with Gasteiger partial charge in [0, 0.05) is 45.5 Å². The zero-order valence-electron chi connectivity index (χ0n) is 28.8. The molecule has 1 aliphatic rings. The molecule has 4 unspecified atom stereocenters. The predicted octanol–water partition coefficient (Wildman–Crippen LogP) is 6.86. The normalized spacial score (nSPS) is 24.3. The number of ether oxygens (including phenoxy) is 2. The number of imidazole rings is 1. The number of urea groups is 1. The largest absolute Gasteiger partial charge is 0.492 e. The highest BCUT2D eigenvalue weighted by molar-refractivity contribution is 7.23. The molecule has 1 fully saturated rings. The summed E-state index contributed by atoms with van der Waals surface area (Å²) < 4.78 is 125. The Morgan fingerprint density at radius 3 is 2.63 bits per heavy atom. The smallest absolute Gasteiger partial charge is 0.324 e. The van der Waals surface area contributed by atoms with Crippen molar-refractivity contribution in [3.8, 4) is 17.0 Å². The second-order valence-corrected chi connectivity index (χ2v) is 10.3. The highest BCUT2D eigenvalue weighted by Crippen LogP contribution is 2.33. The average Bonchev–Trinajstić information content (AvgIpc) is 3.76. The van der Waals surface area contributed by atoms with E-state index in [-0.39, 0.29) is 12.4 Å². The molecule has 226 valence electrons. The van der Waals surface area contributed by atoms with Crippen molar-refractivity contribution in [3.05, 3.63) is 60.5 Å². The third-order valence-corrected chi connectivity index (χ3v) is 7.46. The highest BCUT2D eigenvalue weighted by Gasteiger charge is 2.45. The number of carbonyl (C=O) groups is 1. The van der Waals surface area contributed by atoms with Crippen LogP contribution in [0.1, 0.15) is 35.0 Å². The Morgan fingerprint density at radius 1 is 1.12 bits per heavy atom. The summed E-state index contributed by atoms with van der Waals surface area (Å²) in [7, 11) is 0. The second-order valence-electron chi connectivity index (χ2n) is 9.29. The monoisotopic (exact) mass is 625 g/mol. The van der Waals surface area contributed by atoms with Gasteiger partial charge < -0.3 is 19.3 Å². The number of hydrogen-bond donors (Lipinski definition) is 2. The number of alkyl halides is 4.